The SMILES string of the molecule is Cc1cc(CNC(=O)c2cc(C(=O)NCc3ccc4oc(=O)n(C)c4c3)nc3c(F)cnn23)ccc1F. The van der Waals surface area contributed by atoms with Gasteiger partial charge < -0.3 is 15.1 Å². The molecule has 0 saturated heterocycles. The van der Waals surface area contributed by atoms with Crippen LogP contribution in [0.2, 0.25) is 0 Å². The molecule has 0 radical (unpaired) electrons. The predicted molar refractivity (Wildman–Crippen MR) is 128 cm³/mol. The first-order valence-electron chi connectivity index (χ1n) is 11.2. The van der Waals surface area contributed by atoms with Gasteiger partial charge in [-0.25, -0.2) is 23.1 Å². The molecule has 5 aromatic rings. The summed E-state index contributed by atoms with van der Waals surface area (Å²) in [4.78, 5) is 41.5. The third kappa shape index (κ3) is 4.56. The molecule has 0 fully saturated rings. The summed E-state index contributed by atoms with van der Waals surface area (Å²) in [5.41, 5.74) is 2.17. The summed E-state index contributed by atoms with van der Waals surface area (Å²) < 4.78 is 35.3. The molecule has 0 atom stereocenters. The van der Waals surface area contributed by atoms with Crippen LogP contribution >= 0.6 is 0 Å². The molecule has 2 N–H and O–H groups in total. The number of rotatable bonds is 6. The Morgan fingerprint density at radius 2 is 1.68 bits per heavy atom. The summed E-state index contributed by atoms with van der Waals surface area (Å²) in [7, 11) is 1.57. The van der Waals surface area contributed by atoms with Gasteiger partial charge in [-0.1, -0.05) is 18.2 Å². The van der Waals surface area contributed by atoms with Crippen LogP contribution in [0.5, 0.6) is 0 Å². The Labute approximate surface area is 207 Å². The van der Waals surface area contributed by atoms with Gasteiger partial charge in [0, 0.05) is 26.2 Å². The van der Waals surface area contributed by atoms with Crippen LogP contribution in [0.1, 0.15) is 37.7 Å². The van der Waals surface area contributed by atoms with Crippen molar-refractivity contribution in [1.82, 2.24) is 29.8 Å². The second-order valence-electron chi connectivity index (χ2n) is 8.43. The van der Waals surface area contributed by atoms with Gasteiger partial charge in [0.25, 0.3) is 11.8 Å². The molecule has 0 aliphatic rings. The average Bonchev–Trinajstić information content (AvgIpc) is 3.40. The van der Waals surface area contributed by atoms with E-state index in [1.165, 1.54) is 22.8 Å². The van der Waals surface area contributed by atoms with E-state index in [1.54, 1.807) is 38.2 Å². The van der Waals surface area contributed by atoms with Gasteiger partial charge in [-0.05, 0) is 41.8 Å². The molecule has 0 saturated carbocycles. The summed E-state index contributed by atoms with van der Waals surface area (Å²) in [5.74, 6) is -2.94. The van der Waals surface area contributed by atoms with Crippen molar-refractivity contribution in [3.8, 4) is 0 Å². The number of aromatic nitrogens is 4. The number of aryl methyl sites for hydroxylation is 2. The number of hydrogen-bond acceptors (Lipinski definition) is 6. The van der Waals surface area contributed by atoms with Crippen molar-refractivity contribution in [3.63, 3.8) is 0 Å². The quantitative estimate of drug-likeness (QED) is 0.365. The van der Waals surface area contributed by atoms with E-state index < -0.39 is 23.4 Å². The van der Waals surface area contributed by atoms with Crippen molar-refractivity contribution >= 4 is 28.6 Å². The van der Waals surface area contributed by atoms with Gasteiger partial charge in [0.15, 0.2) is 17.0 Å². The first-order chi connectivity index (χ1) is 17.7. The highest BCUT2D eigenvalue weighted by atomic mass is 19.1. The van der Waals surface area contributed by atoms with E-state index in [0.717, 1.165) is 10.7 Å². The maximum absolute atomic E-state index is 14.3. The summed E-state index contributed by atoms with van der Waals surface area (Å²) in [6, 6.07) is 10.7. The highest BCUT2D eigenvalue weighted by Crippen LogP contribution is 2.16. The molecule has 10 nitrogen and oxygen atoms in total. The van der Waals surface area contributed by atoms with Crippen LogP contribution in [0.15, 0.2) is 57.9 Å². The van der Waals surface area contributed by atoms with Gasteiger partial charge >= 0.3 is 5.76 Å². The third-order valence-electron chi connectivity index (χ3n) is 5.88. The molecule has 2 aromatic carbocycles. The number of hydrogen-bond donors (Lipinski definition) is 2. The molecule has 0 bridgehead atoms. The van der Waals surface area contributed by atoms with E-state index in [9.17, 15) is 23.2 Å². The molecule has 0 spiro atoms. The molecule has 3 aromatic heterocycles. The molecule has 188 valence electrons. The third-order valence-corrected chi connectivity index (χ3v) is 5.88. The number of carbonyl (C=O) groups is 2. The minimum Gasteiger partial charge on any atom is -0.408 e. The van der Waals surface area contributed by atoms with E-state index in [0.29, 0.717) is 27.8 Å². The van der Waals surface area contributed by atoms with Crippen LogP contribution in [0.3, 0.4) is 0 Å². The molecular weight excluding hydrogens is 486 g/mol. The molecule has 3 heterocycles. The number of nitrogens with one attached hydrogen (secondary N) is 2. The van der Waals surface area contributed by atoms with Crippen LogP contribution in [0.4, 0.5) is 8.78 Å². The lowest BCUT2D eigenvalue weighted by Gasteiger charge is -2.10. The Morgan fingerprint density at radius 3 is 2.43 bits per heavy atom. The molecule has 2 amide bonds. The zero-order chi connectivity index (χ0) is 26.3. The highest BCUT2D eigenvalue weighted by Gasteiger charge is 2.20. The second kappa shape index (κ2) is 9.30. The van der Waals surface area contributed by atoms with Crippen molar-refractivity contribution in [3.05, 3.63) is 98.9 Å². The Kier molecular flexibility index (Phi) is 5.99. The van der Waals surface area contributed by atoms with E-state index in [1.807, 2.05) is 0 Å². The normalized spacial score (nSPS) is 11.2. The number of amides is 2. The van der Waals surface area contributed by atoms with Gasteiger partial charge in [-0.3, -0.25) is 14.2 Å². The van der Waals surface area contributed by atoms with Crippen molar-refractivity contribution in [2.45, 2.75) is 20.0 Å². The zero-order valence-corrected chi connectivity index (χ0v) is 19.7. The number of halogens is 2. The number of fused-ring (bicyclic) bond motifs is 2. The molecule has 0 unspecified atom stereocenters. The lowest BCUT2D eigenvalue weighted by molar-refractivity contribution is 0.0942. The summed E-state index contributed by atoms with van der Waals surface area (Å²) >= 11 is 0. The molecule has 37 heavy (non-hydrogen) atoms. The maximum Gasteiger partial charge on any atom is 0.419 e. The fourth-order valence-electron chi connectivity index (χ4n) is 3.86. The van der Waals surface area contributed by atoms with Gasteiger partial charge in [0.05, 0.1) is 11.7 Å². The van der Waals surface area contributed by atoms with Crippen LogP contribution in [0.25, 0.3) is 16.7 Å². The number of carbonyl (C=O) groups excluding carboxylic acids is 2. The van der Waals surface area contributed by atoms with Crippen LogP contribution in [0, 0.1) is 18.6 Å². The van der Waals surface area contributed by atoms with Crippen LogP contribution in [-0.4, -0.2) is 31.0 Å². The number of nitrogens with zero attached hydrogens (tertiary/aromatic N) is 4. The number of benzene rings is 2. The van der Waals surface area contributed by atoms with E-state index in [-0.39, 0.29) is 35.9 Å². The lowest BCUT2D eigenvalue weighted by Crippen LogP contribution is -2.28. The fourth-order valence-corrected chi connectivity index (χ4v) is 3.86. The zero-order valence-electron chi connectivity index (χ0n) is 19.7. The molecule has 0 aliphatic carbocycles. The number of oxazole rings is 1. The van der Waals surface area contributed by atoms with Gasteiger partial charge in [0.1, 0.15) is 17.2 Å². The largest absolute Gasteiger partial charge is 0.419 e. The summed E-state index contributed by atoms with van der Waals surface area (Å²) in [6.07, 6.45) is 0.897. The average molecular weight is 506 g/mol. The first-order valence-corrected chi connectivity index (χ1v) is 11.2. The molecule has 0 aliphatic heterocycles. The maximum atomic E-state index is 14.3. The van der Waals surface area contributed by atoms with Crippen molar-refractivity contribution in [1.29, 1.82) is 0 Å². The minimum atomic E-state index is -0.802. The van der Waals surface area contributed by atoms with Gasteiger partial charge in [0.2, 0.25) is 0 Å². The molecule has 5 rings (SSSR count). The Bertz CT molecular complexity index is 1750. The monoisotopic (exact) mass is 506 g/mol. The van der Waals surface area contributed by atoms with Gasteiger partial charge in [-0.2, -0.15) is 5.10 Å². The smallest absolute Gasteiger partial charge is 0.408 e. The summed E-state index contributed by atoms with van der Waals surface area (Å²) in [5, 5.41) is 9.20. The van der Waals surface area contributed by atoms with Gasteiger partial charge in [-0.15, -0.1) is 0 Å². The van der Waals surface area contributed by atoms with E-state index in [4.69, 9.17) is 4.42 Å². The second-order valence-corrected chi connectivity index (χ2v) is 8.43. The molecule has 12 heteroatoms. The molecular formula is C25H20F2N6O4. The predicted octanol–water partition coefficient (Wildman–Crippen LogP) is 2.62. The minimum absolute atomic E-state index is 0.0774. The van der Waals surface area contributed by atoms with Crippen LogP contribution < -0.4 is 16.4 Å². The Balaban J connectivity index is 1.37. The summed E-state index contributed by atoms with van der Waals surface area (Å²) in [6.45, 7) is 1.76. The standard InChI is InChI=1S/C25H20F2N6O4/c1-13-7-14(3-5-16(13)26)10-29-24(35)20-9-18(31-22-17(27)12-30-33(20)22)23(34)28-11-15-4-6-21-19(8-15)32(2)25(36)37-21/h3-9,12H,10-11H2,1-2H3,(H,28,34)(H,29,35). The first kappa shape index (κ1) is 23.9. The fraction of sp³-hybridized carbons (Fsp3) is 0.160. The van der Waals surface area contributed by atoms with E-state index in [2.05, 4.69) is 20.7 Å². The van der Waals surface area contributed by atoms with Crippen molar-refractivity contribution in [2.75, 3.05) is 0 Å². The van der Waals surface area contributed by atoms with Crippen molar-refractivity contribution < 1.29 is 22.8 Å². The Hall–Kier alpha value is -4.87. The van der Waals surface area contributed by atoms with Crippen molar-refractivity contribution in [2.24, 2.45) is 7.05 Å². The topological polar surface area (TPSA) is 124 Å². The lowest BCUT2D eigenvalue weighted by atomic mass is 10.1. The van der Waals surface area contributed by atoms with Crippen LogP contribution in [-0.2, 0) is 20.1 Å². The van der Waals surface area contributed by atoms with E-state index >= 15 is 0 Å². The highest BCUT2D eigenvalue weighted by molar-refractivity contribution is 5.98. The Morgan fingerprint density at radius 1 is 0.973 bits per heavy atom.